The smallest absolute Gasteiger partial charge is 0.305 e. The number of aromatic nitrogens is 1. The van der Waals surface area contributed by atoms with Crippen LogP contribution in [0.15, 0.2) is 62.9 Å². The normalized spacial score (nSPS) is 10.3. The number of rotatable bonds is 5. The van der Waals surface area contributed by atoms with Gasteiger partial charge in [0.05, 0.1) is 17.7 Å². The highest BCUT2D eigenvalue weighted by Gasteiger charge is 2.11. The second-order valence-corrected chi connectivity index (χ2v) is 6.71. The maximum atomic E-state index is 11.8. The number of hydrogen-bond acceptors (Lipinski definition) is 6. The summed E-state index contributed by atoms with van der Waals surface area (Å²) in [6.07, 6.45) is 1.39. The molecule has 0 saturated heterocycles. The maximum Gasteiger partial charge on any atom is 0.305 e. The second-order valence-electron chi connectivity index (χ2n) is 4.63. The average molecular weight is 359 g/mol. The van der Waals surface area contributed by atoms with Gasteiger partial charge in [-0.2, -0.15) is 0 Å². The molecule has 8 heteroatoms. The lowest BCUT2D eigenvalue weighted by Gasteiger charge is -2.04. The molecule has 0 aliphatic rings. The summed E-state index contributed by atoms with van der Waals surface area (Å²) < 4.78 is 5.72. The molecule has 0 unspecified atom stereocenters. The van der Waals surface area contributed by atoms with Gasteiger partial charge in [-0.1, -0.05) is 42.1 Å². The summed E-state index contributed by atoms with van der Waals surface area (Å²) in [5.74, 6) is -0.536. The van der Waals surface area contributed by atoms with Crippen molar-refractivity contribution in [2.75, 3.05) is 5.75 Å². The Morgan fingerprint density at radius 1 is 1.12 bits per heavy atom. The van der Waals surface area contributed by atoms with Gasteiger partial charge in [0.2, 0.25) is 5.91 Å². The Morgan fingerprint density at radius 2 is 1.96 bits per heavy atom. The Bertz CT molecular complexity index is 816. The summed E-state index contributed by atoms with van der Waals surface area (Å²) in [5, 5.41) is 1.95. The predicted octanol–water partition coefficient (Wildman–Crippen LogP) is 2.96. The molecule has 0 fully saturated rings. The van der Waals surface area contributed by atoms with E-state index in [2.05, 4.69) is 15.8 Å². The van der Waals surface area contributed by atoms with Crippen LogP contribution in [0.2, 0.25) is 0 Å². The molecule has 3 rings (SSSR count). The van der Waals surface area contributed by atoms with Crippen molar-refractivity contribution in [3.8, 4) is 11.3 Å². The largest absolute Gasteiger partial charge is 0.459 e. The first kappa shape index (κ1) is 16.3. The summed E-state index contributed by atoms with van der Waals surface area (Å²) in [6, 6.07) is 12.9. The molecule has 0 radical (unpaired) electrons. The number of carbonyl (C=O) groups is 2. The molecule has 2 aromatic heterocycles. The lowest BCUT2D eigenvalue weighted by Crippen LogP contribution is -2.42. The molecular weight excluding hydrogens is 346 g/mol. The molecule has 3 aromatic rings. The van der Waals surface area contributed by atoms with Crippen LogP contribution in [-0.2, 0) is 4.79 Å². The van der Waals surface area contributed by atoms with Crippen molar-refractivity contribution in [1.29, 1.82) is 0 Å². The molecule has 1 aromatic carbocycles. The monoisotopic (exact) mass is 359 g/mol. The first-order chi connectivity index (χ1) is 11.7. The molecule has 0 aliphatic heterocycles. The fraction of sp³-hybridized carbons (Fsp3) is 0.0625. The van der Waals surface area contributed by atoms with E-state index in [1.807, 2.05) is 35.7 Å². The number of carbonyl (C=O) groups excluding carboxylic acids is 2. The number of benzene rings is 1. The molecule has 24 heavy (non-hydrogen) atoms. The van der Waals surface area contributed by atoms with Gasteiger partial charge >= 0.3 is 5.91 Å². The number of furan rings is 1. The number of nitrogens with one attached hydrogen (secondary N) is 2. The van der Waals surface area contributed by atoms with Crippen LogP contribution in [-0.4, -0.2) is 22.6 Å². The Balaban J connectivity index is 1.46. The first-order valence-corrected chi connectivity index (χ1v) is 8.85. The molecule has 2 amide bonds. The van der Waals surface area contributed by atoms with Crippen LogP contribution in [0.25, 0.3) is 11.3 Å². The molecule has 2 N–H and O–H groups in total. The number of hydrazine groups is 1. The van der Waals surface area contributed by atoms with E-state index in [1.165, 1.54) is 35.4 Å². The van der Waals surface area contributed by atoms with Gasteiger partial charge in [-0.05, 0) is 12.1 Å². The van der Waals surface area contributed by atoms with Crippen molar-refractivity contribution in [3.63, 3.8) is 0 Å². The maximum absolute atomic E-state index is 11.8. The summed E-state index contributed by atoms with van der Waals surface area (Å²) in [7, 11) is 0. The summed E-state index contributed by atoms with van der Waals surface area (Å²) in [4.78, 5) is 27.9. The standard InChI is InChI=1S/C16H13N3O3S2/c20-14(18-19-15(21)13-7-4-8-22-13)10-24-16-17-12(9-23-16)11-5-2-1-3-6-11/h1-9H,10H2,(H,18,20)(H,19,21). The van der Waals surface area contributed by atoms with Crippen LogP contribution in [0, 0.1) is 0 Å². The minimum absolute atomic E-state index is 0.135. The highest BCUT2D eigenvalue weighted by molar-refractivity contribution is 8.01. The SMILES string of the molecule is O=C(CSc1nc(-c2ccccc2)cs1)NNC(=O)c1ccco1. The van der Waals surface area contributed by atoms with Crippen molar-refractivity contribution < 1.29 is 14.0 Å². The van der Waals surface area contributed by atoms with Crippen molar-refractivity contribution >= 4 is 34.9 Å². The van der Waals surface area contributed by atoms with E-state index in [0.29, 0.717) is 0 Å². The topological polar surface area (TPSA) is 84.2 Å². The number of thioether (sulfide) groups is 1. The predicted molar refractivity (Wildman–Crippen MR) is 92.6 cm³/mol. The quantitative estimate of drug-likeness (QED) is 0.540. The third kappa shape index (κ3) is 4.24. The number of nitrogens with zero attached hydrogens (tertiary/aromatic N) is 1. The molecule has 0 aliphatic carbocycles. The van der Waals surface area contributed by atoms with Crippen LogP contribution >= 0.6 is 23.1 Å². The molecule has 6 nitrogen and oxygen atoms in total. The zero-order chi connectivity index (χ0) is 16.8. The van der Waals surface area contributed by atoms with Gasteiger partial charge in [0, 0.05) is 10.9 Å². The van der Waals surface area contributed by atoms with E-state index in [9.17, 15) is 9.59 Å². The summed E-state index contributed by atoms with van der Waals surface area (Å²) >= 11 is 2.79. The van der Waals surface area contributed by atoms with Gasteiger partial charge in [0.25, 0.3) is 0 Å². The van der Waals surface area contributed by atoms with E-state index in [-0.39, 0.29) is 17.4 Å². The third-order valence-electron chi connectivity index (χ3n) is 2.94. The van der Waals surface area contributed by atoms with E-state index in [4.69, 9.17) is 4.42 Å². The Hall–Kier alpha value is -2.58. The minimum atomic E-state index is -0.501. The fourth-order valence-electron chi connectivity index (χ4n) is 1.82. The van der Waals surface area contributed by atoms with Crippen molar-refractivity contribution in [2.24, 2.45) is 0 Å². The van der Waals surface area contributed by atoms with Crippen LogP contribution in [0.1, 0.15) is 10.6 Å². The molecule has 0 saturated carbocycles. The number of amides is 2. The number of hydrogen-bond donors (Lipinski definition) is 2. The van der Waals surface area contributed by atoms with E-state index < -0.39 is 5.91 Å². The Labute approximate surface area is 146 Å². The molecular formula is C16H13N3O3S2. The van der Waals surface area contributed by atoms with E-state index >= 15 is 0 Å². The van der Waals surface area contributed by atoms with Crippen molar-refractivity contribution in [3.05, 3.63) is 59.9 Å². The molecule has 122 valence electrons. The van der Waals surface area contributed by atoms with Gasteiger partial charge in [-0.3, -0.25) is 20.4 Å². The Kier molecular flexibility index (Phi) is 5.29. The van der Waals surface area contributed by atoms with Gasteiger partial charge in [-0.25, -0.2) is 4.98 Å². The average Bonchev–Trinajstić information content (AvgIpc) is 3.30. The zero-order valence-electron chi connectivity index (χ0n) is 12.4. The molecule has 0 atom stereocenters. The second kappa shape index (κ2) is 7.80. The van der Waals surface area contributed by atoms with E-state index in [1.54, 1.807) is 6.07 Å². The van der Waals surface area contributed by atoms with Gasteiger partial charge in [-0.15, -0.1) is 11.3 Å². The van der Waals surface area contributed by atoms with Crippen LogP contribution in [0.3, 0.4) is 0 Å². The highest BCUT2D eigenvalue weighted by Crippen LogP contribution is 2.27. The molecule has 0 bridgehead atoms. The van der Waals surface area contributed by atoms with E-state index in [0.717, 1.165) is 15.6 Å². The third-order valence-corrected chi connectivity index (χ3v) is 4.96. The lowest BCUT2D eigenvalue weighted by atomic mass is 10.2. The lowest BCUT2D eigenvalue weighted by molar-refractivity contribution is -0.119. The minimum Gasteiger partial charge on any atom is -0.459 e. The van der Waals surface area contributed by atoms with Gasteiger partial charge < -0.3 is 4.42 Å². The molecule has 0 spiro atoms. The number of thiazole rings is 1. The highest BCUT2D eigenvalue weighted by atomic mass is 32.2. The van der Waals surface area contributed by atoms with Crippen LogP contribution in [0.4, 0.5) is 0 Å². The molecule has 2 heterocycles. The fourth-order valence-corrected chi connectivity index (χ4v) is 3.46. The van der Waals surface area contributed by atoms with Crippen LogP contribution in [0.5, 0.6) is 0 Å². The summed E-state index contributed by atoms with van der Waals surface area (Å²) in [6.45, 7) is 0. The summed E-state index contributed by atoms with van der Waals surface area (Å²) in [5.41, 5.74) is 6.55. The van der Waals surface area contributed by atoms with Crippen molar-refractivity contribution in [1.82, 2.24) is 15.8 Å². The van der Waals surface area contributed by atoms with Crippen molar-refractivity contribution in [2.45, 2.75) is 4.34 Å². The Morgan fingerprint density at radius 3 is 2.71 bits per heavy atom. The van der Waals surface area contributed by atoms with Gasteiger partial charge in [0.15, 0.2) is 10.1 Å². The van der Waals surface area contributed by atoms with Crippen LogP contribution < -0.4 is 10.9 Å². The first-order valence-electron chi connectivity index (χ1n) is 6.99. The van der Waals surface area contributed by atoms with Gasteiger partial charge in [0.1, 0.15) is 0 Å². The zero-order valence-corrected chi connectivity index (χ0v) is 14.0.